The van der Waals surface area contributed by atoms with Crippen LogP contribution in [0.4, 0.5) is 0 Å². The van der Waals surface area contributed by atoms with Crippen molar-refractivity contribution in [3.8, 4) is 11.3 Å². The van der Waals surface area contributed by atoms with Crippen LogP contribution in [0, 0.1) is 0 Å². The van der Waals surface area contributed by atoms with Gasteiger partial charge in [0.15, 0.2) is 0 Å². The van der Waals surface area contributed by atoms with Gasteiger partial charge in [0.25, 0.3) is 5.56 Å². The van der Waals surface area contributed by atoms with Crippen LogP contribution in [-0.4, -0.2) is 22.6 Å². The van der Waals surface area contributed by atoms with Crippen molar-refractivity contribution in [1.29, 1.82) is 0 Å². The Kier molecular flexibility index (Phi) is 4.16. The zero-order valence-corrected chi connectivity index (χ0v) is 12.4. The summed E-state index contributed by atoms with van der Waals surface area (Å²) in [6.45, 7) is 0.358. The van der Waals surface area contributed by atoms with Crippen LogP contribution in [0.15, 0.2) is 53.3 Å². The van der Waals surface area contributed by atoms with Crippen molar-refractivity contribution < 1.29 is 4.79 Å². The van der Waals surface area contributed by atoms with Crippen molar-refractivity contribution in [2.24, 2.45) is 5.73 Å². The van der Waals surface area contributed by atoms with Gasteiger partial charge in [0.2, 0.25) is 5.91 Å². The van der Waals surface area contributed by atoms with E-state index in [0.717, 1.165) is 16.5 Å². The van der Waals surface area contributed by atoms with Crippen LogP contribution in [-0.2, 0) is 11.3 Å². The molecule has 3 rings (SSSR count). The van der Waals surface area contributed by atoms with Gasteiger partial charge in [0, 0.05) is 17.5 Å². The summed E-state index contributed by atoms with van der Waals surface area (Å²) in [5.41, 5.74) is 7.57. The van der Waals surface area contributed by atoms with E-state index in [1.165, 1.54) is 0 Å². The summed E-state index contributed by atoms with van der Waals surface area (Å²) in [7, 11) is 0. The number of aromatic nitrogens is 2. The van der Waals surface area contributed by atoms with E-state index in [4.69, 9.17) is 5.73 Å². The topological polar surface area (TPSA) is 101 Å². The average molecular weight is 308 g/mol. The number of nitrogens with one attached hydrogen (secondary N) is 2. The predicted octanol–water partition coefficient (Wildman–Crippen LogP) is 1.16. The first-order valence-electron chi connectivity index (χ1n) is 7.22. The van der Waals surface area contributed by atoms with Gasteiger partial charge in [-0.3, -0.25) is 9.59 Å². The Balaban J connectivity index is 2.01. The Labute approximate surface area is 132 Å². The van der Waals surface area contributed by atoms with Crippen LogP contribution in [0.5, 0.6) is 0 Å². The van der Waals surface area contributed by atoms with Crippen molar-refractivity contribution in [2.75, 3.05) is 6.54 Å². The molecule has 0 bridgehead atoms. The van der Waals surface area contributed by atoms with Gasteiger partial charge in [0.1, 0.15) is 0 Å². The number of H-pyrrole nitrogens is 1. The fraction of sp³-hybridized carbons (Fsp3) is 0.118. The molecule has 6 heteroatoms. The van der Waals surface area contributed by atoms with Crippen LogP contribution in [0.1, 0.15) is 5.56 Å². The van der Waals surface area contributed by atoms with Gasteiger partial charge in [-0.25, -0.2) is 5.10 Å². The molecule has 1 heterocycles. The van der Waals surface area contributed by atoms with Gasteiger partial charge >= 0.3 is 0 Å². The molecule has 1 aromatic heterocycles. The monoisotopic (exact) mass is 308 g/mol. The summed E-state index contributed by atoms with van der Waals surface area (Å²) in [4.78, 5) is 23.1. The minimum atomic E-state index is -0.212. The molecule has 0 spiro atoms. The molecule has 23 heavy (non-hydrogen) atoms. The van der Waals surface area contributed by atoms with Gasteiger partial charge in [-0.05, 0) is 17.7 Å². The van der Waals surface area contributed by atoms with Gasteiger partial charge in [-0.2, -0.15) is 5.10 Å². The number of benzene rings is 2. The molecule has 0 unspecified atom stereocenters. The third kappa shape index (κ3) is 3.12. The Morgan fingerprint density at radius 2 is 1.91 bits per heavy atom. The third-order valence-electron chi connectivity index (χ3n) is 3.57. The van der Waals surface area contributed by atoms with E-state index in [-0.39, 0.29) is 18.0 Å². The molecule has 6 nitrogen and oxygen atoms in total. The zero-order valence-electron chi connectivity index (χ0n) is 12.4. The molecule has 3 aromatic rings. The molecular formula is C17H16N4O2. The number of fused-ring (bicyclic) bond motifs is 1. The Morgan fingerprint density at radius 3 is 2.70 bits per heavy atom. The van der Waals surface area contributed by atoms with Crippen LogP contribution in [0.25, 0.3) is 22.0 Å². The number of hydrogen-bond acceptors (Lipinski definition) is 4. The quantitative estimate of drug-likeness (QED) is 0.673. The number of rotatable bonds is 4. The van der Waals surface area contributed by atoms with Crippen molar-refractivity contribution in [1.82, 2.24) is 15.5 Å². The summed E-state index contributed by atoms with van der Waals surface area (Å²) >= 11 is 0. The first-order chi connectivity index (χ1) is 11.2. The second-order valence-corrected chi connectivity index (χ2v) is 5.13. The second kappa shape index (κ2) is 6.41. The first kappa shape index (κ1) is 14.9. The van der Waals surface area contributed by atoms with Gasteiger partial charge < -0.3 is 11.1 Å². The van der Waals surface area contributed by atoms with Gasteiger partial charge in [-0.15, -0.1) is 0 Å². The van der Waals surface area contributed by atoms with E-state index in [9.17, 15) is 9.59 Å². The summed E-state index contributed by atoms with van der Waals surface area (Å²) in [6.07, 6.45) is 0. The molecule has 4 N–H and O–H groups in total. The number of nitrogens with two attached hydrogens (primary N) is 1. The molecule has 116 valence electrons. The van der Waals surface area contributed by atoms with Crippen LogP contribution < -0.4 is 16.6 Å². The highest BCUT2D eigenvalue weighted by Gasteiger charge is 2.09. The van der Waals surface area contributed by atoms with E-state index >= 15 is 0 Å². The largest absolute Gasteiger partial charge is 0.351 e. The minimum Gasteiger partial charge on any atom is -0.351 e. The van der Waals surface area contributed by atoms with Crippen LogP contribution in [0.2, 0.25) is 0 Å². The highest BCUT2D eigenvalue weighted by Crippen LogP contribution is 2.24. The maximum absolute atomic E-state index is 11.9. The van der Waals surface area contributed by atoms with Crippen molar-refractivity contribution >= 4 is 16.7 Å². The molecule has 0 atom stereocenters. The van der Waals surface area contributed by atoms with Crippen molar-refractivity contribution in [3.63, 3.8) is 0 Å². The maximum atomic E-state index is 11.9. The lowest BCUT2D eigenvalue weighted by Gasteiger charge is -2.08. The van der Waals surface area contributed by atoms with Gasteiger partial charge in [-0.1, -0.05) is 36.4 Å². The fourth-order valence-electron chi connectivity index (χ4n) is 2.44. The lowest BCUT2D eigenvalue weighted by atomic mass is 10.0. The van der Waals surface area contributed by atoms with E-state index < -0.39 is 0 Å². The molecule has 0 radical (unpaired) electrons. The van der Waals surface area contributed by atoms with E-state index in [1.807, 2.05) is 42.5 Å². The molecule has 0 aliphatic carbocycles. The number of carbonyl (C=O) groups is 1. The fourth-order valence-corrected chi connectivity index (χ4v) is 2.44. The number of carbonyl (C=O) groups excluding carboxylic acids is 1. The molecule has 0 fully saturated rings. The van der Waals surface area contributed by atoms with Crippen molar-refractivity contribution in [2.45, 2.75) is 6.54 Å². The Hall–Kier alpha value is -2.99. The van der Waals surface area contributed by atoms with E-state index in [2.05, 4.69) is 15.5 Å². The summed E-state index contributed by atoms with van der Waals surface area (Å²) < 4.78 is 0. The highest BCUT2D eigenvalue weighted by atomic mass is 16.1. The van der Waals surface area contributed by atoms with Crippen LogP contribution >= 0.6 is 0 Å². The minimum absolute atomic E-state index is 0.0359. The molecule has 0 aliphatic heterocycles. The second-order valence-electron chi connectivity index (χ2n) is 5.13. The number of nitrogens with zero attached hydrogens (tertiary/aromatic N) is 1. The Bertz CT molecular complexity index is 918. The molecule has 2 aromatic carbocycles. The average Bonchev–Trinajstić information content (AvgIpc) is 2.60. The lowest BCUT2D eigenvalue weighted by Crippen LogP contribution is -2.29. The Morgan fingerprint density at radius 1 is 1.13 bits per heavy atom. The standard InChI is InChI=1S/C17H16N4O2/c18-9-15(22)19-10-11-4-3-5-12(8-11)16-13-6-1-2-7-14(13)17(23)21-20-16/h1-8H,9-10,18H2,(H,19,22)(H,21,23). The number of hydrogen-bond donors (Lipinski definition) is 3. The maximum Gasteiger partial charge on any atom is 0.272 e. The number of aromatic amines is 1. The number of amides is 1. The molecule has 0 saturated heterocycles. The molecule has 1 amide bonds. The first-order valence-corrected chi connectivity index (χ1v) is 7.22. The smallest absolute Gasteiger partial charge is 0.272 e. The molecule has 0 saturated carbocycles. The zero-order chi connectivity index (χ0) is 16.2. The van der Waals surface area contributed by atoms with Crippen LogP contribution in [0.3, 0.4) is 0 Å². The summed E-state index contributed by atoms with van der Waals surface area (Å²) in [5.74, 6) is -0.206. The van der Waals surface area contributed by atoms with E-state index in [0.29, 0.717) is 17.6 Å². The normalized spacial score (nSPS) is 10.7. The van der Waals surface area contributed by atoms with E-state index in [1.54, 1.807) is 6.07 Å². The molecule has 0 aliphatic rings. The molecular weight excluding hydrogens is 292 g/mol. The summed E-state index contributed by atoms with van der Waals surface area (Å²) in [5, 5.41) is 10.8. The van der Waals surface area contributed by atoms with Gasteiger partial charge in [0.05, 0.1) is 17.6 Å². The predicted molar refractivity (Wildman–Crippen MR) is 88.7 cm³/mol. The highest BCUT2D eigenvalue weighted by molar-refractivity contribution is 5.93. The third-order valence-corrected chi connectivity index (χ3v) is 3.57. The SMILES string of the molecule is NCC(=O)NCc1cccc(-c2n[nH]c(=O)c3ccccc23)c1. The lowest BCUT2D eigenvalue weighted by molar-refractivity contribution is -0.119. The summed E-state index contributed by atoms with van der Waals surface area (Å²) in [6, 6.07) is 15.0. The van der Waals surface area contributed by atoms with Crippen molar-refractivity contribution in [3.05, 3.63) is 64.4 Å².